The first kappa shape index (κ1) is 14.1. The molecule has 0 amide bonds. The van der Waals surface area contributed by atoms with Crippen LogP contribution in [0.25, 0.3) is 0 Å². The molecule has 20 heavy (non-hydrogen) atoms. The summed E-state index contributed by atoms with van der Waals surface area (Å²) in [6.07, 6.45) is 0.541. The molecule has 0 radical (unpaired) electrons. The molecule has 0 aliphatic heterocycles. The fraction of sp³-hybridized carbons (Fsp3) is 0.231. The van der Waals surface area contributed by atoms with Gasteiger partial charge in [-0.1, -0.05) is 6.92 Å². The van der Waals surface area contributed by atoms with Gasteiger partial charge >= 0.3 is 0 Å². The van der Waals surface area contributed by atoms with Gasteiger partial charge in [-0.2, -0.15) is 0 Å². The molecule has 2 aromatic rings. The van der Waals surface area contributed by atoms with Gasteiger partial charge in [0.15, 0.2) is 11.6 Å². The van der Waals surface area contributed by atoms with Crippen molar-refractivity contribution in [3.05, 3.63) is 41.0 Å². The predicted octanol–water partition coefficient (Wildman–Crippen LogP) is 3.09. The Hall–Kier alpha value is -2.31. The summed E-state index contributed by atoms with van der Waals surface area (Å²) in [6.45, 7) is 3.49. The Labute approximate surface area is 113 Å². The highest BCUT2D eigenvalue weighted by Crippen LogP contribution is 2.25. The second kappa shape index (κ2) is 5.36. The smallest absolute Gasteiger partial charge is 0.161 e. The fourth-order valence-electron chi connectivity index (χ4n) is 1.61. The van der Waals surface area contributed by atoms with E-state index in [1.54, 1.807) is 6.92 Å². The first-order valence-electron chi connectivity index (χ1n) is 5.97. The van der Waals surface area contributed by atoms with Crippen molar-refractivity contribution in [1.29, 1.82) is 0 Å². The van der Waals surface area contributed by atoms with Gasteiger partial charge in [-0.15, -0.1) is 0 Å². The minimum atomic E-state index is -1.25. The number of aromatic nitrogens is 2. The van der Waals surface area contributed by atoms with Crippen LogP contribution in [0.1, 0.15) is 18.3 Å². The zero-order chi connectivity index (χ0) is 14.9. The lowest BCUT2D eigenvalue weighted by atomic mass is 10.2. The third-order valence-electron chi connectivity index (χ3n) is 2.81. The van der Waals surface area contributed by atoms with E-state index in [1.165, 1.54) is 0 Å². The molecule has 0 saturated heterocycles. The number of rotatable bonds is 3. The standard InChI is InChI=1S/C13H13F3N4/c1-3-11-19-12(17)6(2)13(20-11)18-10-5-8(15)7(14)4-9(10)16/h4-5H,3H2,1-2H3,(H3,17,18,19,20). The van der Waals surface area contributed by atoms with E-state index in [9.17, 15) is 13.2 Å². The summed E-state index contributed by atoms with van der Waals surface area (Å²) in [5, 5.41) is 2.61. The second-order valence-corrected chi connectivity index (χ2v) is 4.22. The Morgan fingerprint density at radius 3 is 2.40 bits per heavy atom. The van der Waals surface area contributed by atoms with Crippen molar-refractivity contribution in [1.82, 2.24) is 9.97 Å². The van der Waals surface area contributed by atoms with Crippen molar-refractivity contribution in [3.8, 4) is 0 Å². The number of nitrogen functional groups attached to an aromatic ring is 1. The molecule has 0 saturated carbocycles. The van der Waals surface area contributed by atoms with Crippen LogP contribution in [0, 0.1) is 24.4 Å². The highest BCUT2D eigenvalue weighted by atomic mass is 19.2. The van der Waals surface area contributed by atoms with Gasteiger partial charge in [0, 0.05) is 24.1 Å². The molecule has 0 atom stereocenters. The van der Waals surface area contributed by atoms with E-state index < -0.39 is 17.5 Å². The van der Waals surface area contributed by atoms with Crippen molar-refractivity contribution >= 4 is 17.3 Å². The van der Waals surface area contributed by atoms with Crippen LogP contribution in [-0.2, 0) is 6.42 Å². The summed E-state index contributed by atoms with van der Waals surface area (Å²) < 4.78 is 39.6. The summed E-state index contributed by atoms with van der Waals surface area (Å²) in [7, 11) is 0. The third-order valence-corrected chi connectivity index (χ3v) is 2.81. The topological polar surface area (TPSA) is 63.8 Å². The lowest BCUT2D eigenvalue weighted by Crippen LogP contribution is -2.07. The Morgan fingerprint density at radius 2 is 1.75 bits per heavy atom. The van der Waals surface area contributed by atoms with Gasteiger partial charge in [0.2, 0.25) is 0 Å². The van der Waals surface area contributed by atoms with E-state index in [1.807, 2.05) is 6.92 Å². The lowest BCUT2D eigenvalue weighted by Gasteiger charge is -2.12. The van der Waals surface area contributed by atoms with E-state index in [4.69, 9.17) is 5.73 Å². The largest absolute Gasteiger partial charge is 0.383 e. The Morgan fingerprint density at radius 1 is 1.10 bits per heavy atom. The molecule has 2 rings (SSSR count). The van der Waals surface area contributed by atoms with Crippen LogP contribution in [0.2, 0.25) is 0 Å². The molecule has 7 heteroatoms. The van der Waals surface area contributed by atoms with Crippen LogP contribution >= 0.6 is 0 Å². The maximum absolute atomic E-state index is 13.6. The number of hydrogen-bond acceptors (Lipinski definition) is 4. The fourth-order valence-corrected chi connectivity index (χ4v) is 1.61. The maximum Gasteiger partial charge on any atom is 0.161 e. The molecule has 0 bridgehead atoms. The van der Waals surface area contributed by atoms with Crippen LogP contribution in [0.4, 0.5) is 30.5 Å². The zero-order valence-corrected chi connectivity index (χ0v) is 11.0. The van der Waals surface area contributed by atoms with Gasteiger partial charge in [-0.05, 0) is 6.92 Å². The molecule has 1 heterocycles. The molecule has 0 aliphatic carbocycles. The van der Waals surface area contributed by atoms with Crippen molar-refractivity contribution in [2.24, 2.45) is 0 Å². The lowest BCUT2D eigenvalue weighted by molar-refractivity contribution is 0.496. The van der Waals surface area contributed by atoms with E-state index in [2.05, 4.69) is 15.3 Å². The molecule has 0 spiro atoms. The van der Waals surface area contributed by atoms with E-state index >= 15 is 0 Å². The first-order valence-corrected chi connectivity index (χ1v) is 5.97. The molecule has 0 unspecified atom stereocenters. The number of benzene rings is 1. The number of hydrogen-bond donors (Lipinski definition) is 2. The highest BCUT2D eigenvalue weighted by Gasteiger charge is 2.13. The van der Waals surface area contributed by atoms with E-state index in [0.717, 1.165) is 6.07 Å². The summed E-state index contributed by atoms with van der Waals surface area (Å²) in [6, 6.07) is 1.20. The van der Waals surface area contributed by atoms with E-state index in [-0.39, 0.29) is 17.3 Å². The van der Waals surface area contributed by atoms with Crippen LogP contribution in [-0.4, -0.2) is 9.97 Å². The minimum absolute atomic E-state index is 0.216. The molecule has 3 N–H and O–H groups in total. The van der Waals surface area contributed by atoms with Crippen LogP contribution in [0.5, 0.6) is 0 Å². The number of halogens is 3. The average Bonchev–Trinajstić information content (AvgIpc) is 2.40. The summed E-state index contributed by atoms with van der Waals surface area (Å²) >= 11 is 0. The summed E-state index contributed by atoms with van der Waals surface area (Å²) in [5.41, 5.74) is 6.01. The molecule has 4 nitrogen and oxygen atoms in total. The Kier molecular flexibility index (Phi) is 3.78. The van der Waals surface area contributed by atoms with Crippen LogP contribution in [0.15, 0.2) is 12.1 Å². The van der Waals surface area contributed by atoms with Crippen LogP contribution in [0.3, 0.4) is 0 Å². The predicted molar refractivity (Wildman–Crippen MR) is 70.2 cm³/mol. The van der Waals surface area contributed by atoms with Gasteiger partial charge in [0.1, 0.15) is 23.3 Å². The number of nitrogens with two attached hydrogens (primary N) is 1. The average molecular weight is 282 g/mol. The van der Waals surface area contributed by atoms with Gasteiger partial charge in [-0.3, -0.25) is 0 Å². The van der Waals surface area contributed by atoms with Crippen molar-refractivity contribution in [2.45, 2.75) is 20.3 Å². The Balaban J connectivity index is 2.44. The van der Waals surface area contributed by atoms with Crippen molar-refractivity contribution < 1.29 is 13.2 Å². The molecule has 1 aromatic heterocycles. The van der Waals surface area contributed by atoms with Crippen molar-refractivity contribution in [2.75, 3.05) is 11.1 Å². The molecule has 106 valence electrons. The Bertz CT molecular complexity index is 659. The highest BCUT2D eigenvalue weighted by molar-refractivity contribution is 5.64. The van der Waals surface area contributed by atoms with Crippen molar-refractivity contribution in [3.63, 3.8) is 0 Å². The summed E-state index contributed by atoms with van der Waals surface area (Å²) in [4.78, 5) is 8.20. The monoisotopic (exact) mass is 282 g/mol. The molecular weight excluding hydrogens is 269 g/mol. The number of anilines is 3. The number of aryl methyl sites for hydroxylation is 1. The normalized spacial score (nSPS) is 10.7. The molecule has 0 aliphatic rings. The van der Waals surface area contributed by atoms with Crippen LogP contribution < -0.4 is 11.1 Å². The number of nitrogens with zero attached hydrogens (tertiary/aromatic N) is 2. The van der Waals surface area contributed by atoms with Gasteiger partial charge in [0.25, 0.3) is 0 Å². The second-order valence-electron chi connectivity index (χ2n) is 4.22. The SMILES string of the molecule is CCc1nc(N)c(C)c(Nc2cc(F)c(F)cc2F)n1. The maximum atomic E-state index is 13.6. The molecule has 1 aromatic carbocycles. The molecule has 0 fully saturated rings. The first-order chi connectivity index (χ1) is 9.42. The molecular formula is C13H13F3N4. The van der Waals surface area contributed by atoms with Gasteiger partial charge in [-0.25, -0.2) is 23.1 Å². The number of nitrogens with one attached hydrogen (secondary N) is 1. The quantitative estimate of drug-likeness (QED) is 0.849. The van der Waals surface area contributed by atoms with Gasteiger partial charge in [0.05, 0.1) is 5.69 Å². The zero-order valence-electron chi connectivity index (χ0n) is 11.0. The third kappa shape index (κ3) is 2.66. The summed E-state index contributed by atoms with van der Waals surface area (Å²) in [5.74, 6) is -2.33. The minimum Gasteiger partial charge on any atom is -0.383 e. The van der Waals surface area contributed by atoms with Gasteiger partial charge < -0.3 is 11.1 Å². The van der Waals surface area contributed by atoms with E-state index in [0.29, 0.717) is 23.9 Å².